The molecule has 4 aromatic rings. The van der Waals surface area contributed by atoms with Crippen LogP contribution in [0.15, 0.2) is 48.8 Å². The predicted octanol–water partition coefficient (Wildman–Crippen LogP) is 2.44. The second kappa shape index (κ2) is 11.6. The van der Waals surface area contributed by atoms with Crippen LogP contribution in [0.1, 0.15) is 22.5 Å². The molecule has 5 rings (SSSR count). The third kappa shape index (κ3) is 6.04. The summed E-state index contributed by atoms with van der Waals surface area (Å²) in [6, 6.07) is 11.9. The smallest absolute Gasteiger partial charge is 0.387 e. The lowest BCUT2D eigenvalue weighted by atomic mass is 10.1. The Balaban J connectivity index is 1.30. The highest BCUT2D eigenvalue weighted by molar-refractivity contribution is 7.51. The van der Waals surface area contributed by atoms with Crippen LogP contribution < -0.4 is 10.8 Å². The highest BCUT2D eigenvalue weighted by atomic mass is 32.1. The summed E-state index contributed by atoms with van der Waals surface area (Å²) in [5, 5.41) is 35.2. The number of hydrogen-bond acceptors (Lipinski definition) is 13. The molecule has 17 heteroatoms. The molecule has 0 amide bonds. The number of hydrogen-bond donors (Lipinski definition) is 4. The number of nitrogens with zero attached hydrogens (tertiary/aromatic N) is 5. The summed E-state index contributed by atoms with van der Waals surface area (Å²) in [4.78, 5) is 23.5. The minimum absolute atomic E-state index is 0.0802. The fourth-order valence-corrected chi connectivity index (χ4v) is 6.22. The number of nitrogen functional groups attached to an aromatic ring is 1. The summed E-state index contributed by atoms with van der Waals surface area (Å²) < 4.78 is 32.2. The molecule has 1 aliphatic rings. The van der Waals surface area contributed by atoms with Gasteiger partial charge >= 0.3 is 12.7 Å². The first kappa shape index (κ1) is 28.2. The number of aliphatic hydroxyl groups excluding tert-OH is 2. The van der Waals surface area contributed by atoms with Crippen LogP contribution >= 0.6 is 19.1 Å². The number of aliphatic hydroxyl groups is 2. The van der Waals surface area contributed by atoms with Crippen molar-refractivity contribution in [2.75, 3.05) is 12.3 Å². The molecule has 15 nitrogen and oxygen atoms in total. The van der Waals surface area contributed by atoms with Gasteiger partial charge in [0.2, 0.25) is 0 Å². The van der Waals surface area contributed by atoms with Gasteiger partial charge in [0.15, 0.2) is 17.7 Å². The van der Waals surface area contributed by atoms with E-state index in [1.54, 1.807) is 6.92 Å². The second-order valence-electron chi connectivity index (χ2n) is 8.91. The van der Waals surface area contributed by atoms with Crippen molar-refractivity contribution in [2.24, 2.45) is 0 Å². The standard InChI is InChI=1S/C23H26N7O8PS/c1-13-27-21(24)18-22(28-13)29(12-25-18)23-20(32)19(31)16(38-23)11-37-39(35,26-9-14-5-3-2-4-6-14)36-10-15-7-8-17(40-15)30(33)34/h2-8,12,16,19-20,23,31-32H,9-11H2,1H3,(H,26,35)(H2,24,27,28)/t16-,19?,20-,23-,39?/m1/s1. The van der Waals surface area contributed by atoms with E-state index >= 15 is 0 Å². The van der Waals surface area contributed by atoms with Gasteiger partial charge in [0.25, 0.3) is 0 Å². The first-order valence-corrected chi connectivity index (χ1v) is 14.4. The van der Waals surface area contributed by atoms with Crippen LogP contribution in [0, 0.1) is 17.0 Å². The molecule has 3 aromatic heterocycles. The SMILES string of the molecule is Cc1nc(N)c2ncn([C@@H]3O[C@H](COP(=O)(NCc4ccccc4)OCc4ccc([N+](=O)[O-])s4)C(O)[C@H]3O)c2n1. The number of aromatic nitrogens is 4. The number of ether oxygens (including phenoxy) is 1. The lowest BCUT2D eigenvalue weighted by molar-refractivity contribution is -0.380. The second-order valence-corrected chi connectivity index (χ2v) is 11.9. The predicted molar refractivity (Wildman–Crippen MR) is 143 cm³/mol. The Morgan fingerprint density at radius 3 is 2.70 bits per heavy atom. The first-order valence-electron chi connectivity index (χ1n) is 12.0. The highest BCUT2D eigenvalue weighted by Crippen LogP contribution is 2.46. The van der Waals surface area contributed by atoms with Crippen molar-refractivity contribution < 1.29 is 33.5 Å². The van der Waals surface area contributed by atoms with E-state index in [0.717, 1.165) is 16.9 Å². The Labute approximate surface area is 231 Å². The van der Waals surface area contributed by atoms with Crippen molar-refractivity contribution in [2.45, 2.75) is 44.6 Å². The molecule has 0 saturated carbocycles. The van der Waals surface area contributed by atoms with Crippen molar-refractivity contribution in [1.82, 2.24) is 24.6 Å². The summed E-state index contributed by atoms with van der Waals surface area (Å²) in [7, 11) is -4.04. The molecular formula is C23H26N7O8PS. The van der Waals surface area contributed by atoms with Gasteiger partial charge in [0, 0.05) is 17.5 Å². The topological polar surface area (TPSA) is 210 Å². The quantitative estimate of drug-likeness (QED) is 0.112. The van der Waals surface area contributed by atoms with Gasteiger partial charge in [-0.25, -0.2) is 24.6 Å². The van der Waals surface area contributed by atoms with E-state index in [0.29, 0.717) is 21.9 Å². The van der Waals surface area contributed by atoms with Gasteiger partial charge in [0.05, 0.1) is 24.5 Å². The molecular weight excluding hydrogens is 565 g/mol. The molecule has 0 spiro atoms. The minimum Gasteiger partial charge on any atom is -0.387 e. The lowest BCUT2D eigenvalue weighted by Gasteiger charge is -2.22. The summed E-state index contributed by atoms with van der Waals surface area (Å²) in [5.74, 6) is 0.547. The summed E-state index contributed by atoms with van der Waals surface area (Å²) in [5.41, 5.74) is 7.35. The molecule has 1 saturated heterocycles. The van der Waals surface area contributed by atoms with Gasteiger partial charge in [-0.05, 0) is 18.6 Å². The van der Waals surface area contributed by atoms with E-state index in [-0.39, 0.29) is 24.0 Å². The Hall–Kier alpha value is -3.34. The zero-order chi connectivity index (χ0) is 28.4. The van der Waals surface area contributed by atoms with Crippen LogP contribution in [0.3, 0.4) is 0 Å². The number of aryl methyl sites for hydroxylation is 1. The van der Waals surface area contributed by atoms with Crippen molar-refractivity contribution in [3.05, 3.63) is 75.2 Å². The fourth-order valence-electron chi connectivity index (χ4n) is 4.11. The zero-order valence-corrected chi connectivity index (χ0v) is 22.8. The molecule has 0 aliphatic carbocycles. The molecule has 0 bridgehead atoms. The maximum absolute atomic E-state index is 13.7. The van der Waals surface area contributed by atoms with Gasteiger partial charge in [-0.15, -0.1) is 0 Å². The van der Waals surface area contributed by atoms with E-state index in [1.807, 2.05) is 30.3 Å². The van der Waals surface area contributed by atoms with Crippen LogP contribution in [-0.4, -0.2) is 59.6 Å². The summed E-state index contributed by atoms with van der Waals surface area (Å²) in [6.45, 7) is 1.14. The number of nitrogens with one attached hydrogen (secondary N) is 1. The Kier molecular flexibility index (Phi) is 8.21. The van der Waals surface area contributed by atoms with Crippen LogP contribution in [0.25, 0.3) is 11.2 Å². The van der Waals surface area contributed by atoms with Gasteiger partial charge in [0.1, 0.15) is 29.7 Å². The lowest BCUT2D eigenvalue weighted by Crippen LogP contribution is -2.34. The number of anilines is 1. The molecule has 1 aromatic carbocycles. The summed E-state index contributed by atoms with van der Waals surface area (Å²) in [6.07, 6.45) is -3.63. The molecule has 212 valence electrons. The number of rotatable bonds is 11. The van der Waals surface area contributed by atoms with Crippen molar-refractivity contribution in [3.63, 3.8) is 0 Å². The number of imidazole rings is 1. The molecule has 40 heavy (non-hydrogen) atoms. The monoisotopic (exact) mass is 591 g/mol. The molecule has 0 radical (unpaired) electrons. The minimum atomic E-state index is -4.04. The molecule has 5 N–H and O–H groups in total. The molecule has 4 heterocycles. The maximum Gasteiger partial charge on any atom is 0.406 e. The van der Waals surface area contributed by atoms with Gasteiger partial charge in [-0.2, -0.15) is 0 Å². The van der Waals surface area contributed by atoms with Gasteiger partial charge in [-0.1, -0.05) is 41.7 Å². The summed E-state index contributed by atoms with van der Waals surface area (Å²) >= 11 is 0.888. The van der Waals surface area contributed by atoms with Crippen molar-refractivity contribution in [1.29, 1.82) is 0 Å². The van der Waals surface area contributed by atoms with Crippen LogP contribution in [0.2, 0.25) is 0 Å². The fraction of sp³-hybridized carbons (Fsp3) is 0.348. The van der Waals surface area contributed by atoms with Crippen molar-refractivity contribution in [3.8, 4) is 0 Å². The van der Waals surface area contributed by atoms with E-state index in [9.17, 15) is 24.9 Å². The largest absolute Gasteiger partial charge is 0.406 e. The Morgan fingerprint density at radius 2 is 1.98 bits per heavy atom. The van der Waals surface area contributed by atoms with E-state index in [2.05, 4.69) is 20.0 Å². The number of thiophene rings is 1. The maximum atomic E-state index is 13.7. The molecule has 5 atom stereocenters. The normalized spacial score (nSPS) is 22.5. The average molecular weight is 592 g/mol. The highest BCUT2D eigenvalue weighted by Gasteiger charge is 2.45. The zero-order valence-electron chi connectivity index (χ0n) is 21.1. The third-order valence-corrected chi connectivity index (χ3v) is 8.62. The van der Waals surface area contributed by atoms with Crippen LogP contribution in [0.5, 0.6) is 0 Å². The van der Waals surface area contributed by atoms with Crippen LogP contribution in [0.4, 0.5) is 10.8 Å². The molecule has 1 fully saturated rings. The van der Waals surface area contributed by atoms with Crippen molar-refractivity contribution >= 4 is 41.1 Å². The Morgan fingerprint density at radius 1 is 1.20 bits per heavy atom. The van der Waals surface area contributed by atoms with Crippen LogP contribution in [-0.2, 0) is 31.5 Å². The van der Waals surface area contributed by atoms with E-state index < -0.39 is 43.8 Å². The third-order valence-electron chi connectivity index (χ3n) is 6.10. The van der Waals surface area contributed by atoms with E-state index in [1.165, 1.54) is 23.0 Å². The molecule has 1 aliphatic heterocycles. The van der Waals surface area contributed by atoms with Gasteiger partial charge < -0.3 is 20.7 Å². The van der Waals surface area contributed by atoms with Gasteiger partial charge in [-0.3, -0.25) is 23.7 Å². The Bertz CT molecular complexity index is 1550. The number of benzene rings is 1. The number of nitro groups is 1. The average Bonchev–Trinajstić information content (AvgIpc) is 3.65. The van der Waals surface area contributed by atoms with E-state index in [4.69, 9.17) is 19.5 Å². The number of fused-ring (bicyclic) bond motifs is 1. The number of nitrogens with two attached hydrogens (primary N) is 1. The molecule has 2 unspecified atom stereocenters. The first-order chi connectivity index (χ1) is 19.1.